The van der Waals surface area contributed by atoms with Crippen molar-refractivity contribution in [2.75, 3.05) is 5.75 Å². The molecule has 8 heteroatoms. The Bertz CT molecular complexity index is 1200. The fourth-order valence-corrected chi connectivity index (χ4v) is 6.01. The van der Waals surface area contributed by atoms with Gasteiger partial charge in [-0.15, -0.1) is 11.3 Å². The summed E-state index contributed by atoms with van der Waals surface area (Å²) in [6.45, 7) is 2.31. The number of nitriles is 1. The van der Waals surface area contributed by atoms with Gasteiger partial charge in [0.15, 0.2) is 5.16 Å². The van der Waals surface area contributed by atoms with E-state index in [1.807, 2.05) is 37.3 Å². The van der Waals surface area contributed by atoms with Crippen LogP contribution in [0.2, 0.25) is 0 Å². The normalized spacial score (nSPS) is 14.4. The van der Waals surface area contributed by atoms with E-state index in [1.54, 1.807) is 4.57 Å². The Morgan fingerprint density at radius 1 is 1.28 bits per heavy atom. The number of aromatic nitrogens is 2. The van der Waals surface area contributed by atoms with E-state index >= 15 is 0 Å². The first-order valence-corrected chi connectivity index (χ1v) is 12.8. The lowest BCUT2D eigenvalue weighted by Gasteiger charge is -2.22. The molecule has 0 aliphatic heterocycles. The van der Waals surface area contributed by atoms with Crippen LogP contribution < -0.4 is 10.9 Å². The second kappa shape index (κ2) is 10.3. The van der Waals surface area contributed by atoms with Crippen molar-refractivity contribution in [2.45, 2.75) is 63.2 Å². The van der Waals surface area contributed by atoms with E-state index in [0.717, 1.165) is 31.2 Å². The maximum absolute atomic E-state index is 13.5. The van der Waals surface area contributed by atoms with E-state index in [0.29, 0.717) is 38.8 Å². The van der Waals surface area contributed by atoms with Crippen LogP contribution in [0.1, 0.15) is 52.9 Å². The lowest BCUT2D eigenvalue weighted by Crippen LogP contribution is -2.36. The lowest BCUT2D eigenvalue weighted by molar-refractivity contribution is 0.0931. The molecule has 0 bridgehead atoms. The molecular weight excluding hydrogens is 440 g/mol. The Kier molecular flexibility index (Phi) is 7.28. The molecule has 1 amide bonds. The highest BCUT2D eigenvalue weighted by atomic mass is 32.2. The third-order valence-corrected chi connectivity index (χ3v) is 7.92. The van der Waals surface area contributed by atoms with Crippen molar-refractivity contribution < 1.29 is 4.79 Å². The van der Waals surface area contributed by atoms with Crippen molar-refractivity contribution in [1.29, 1.82) is 5.26 Å². The number of aryl methyl sites for hydroxylation is 2. The number of carbonyl (C=O) groups excluding carboxylic acids is 1. The molecule has 2 heterocycles. The van der Waals surface area contributed by atoms with Gasteiger partial charge in [-0.1, -0.05) is 61.4 Å². The van der Waals surface area contributed by atoms with Gasteiger partial charge in [-0.05, 0) is 37.3 Å². The summed E-state index contributed by atoms with van der Waals surface area (Å²) in [6.07, 6.45) is 6.22. The van der Waals surface area contributed by atoms with Crippen molar-refractivity contribution >= 4 is 39.2 Å². The molecule has 0 radical (unpaired) electrons. The van der Waals surface area contributed by atoms with Crippen molar-refractivity contribution in [2.24, 2.45) is 0 Å². The van der Waals surface area contributed by atoms with E-state index in [9.17, 15) is 9.59 Å². The number of hydrogen-bond donors (Lipinski definition) is 1. The first kappa shape index (κ1) is 22.6. The van der Waals surface area contributed by atoms with Crippen LogP contribution in [0.5, 0.6) is 0 Å². The van der Waals surface area contributed by atoms with Crippen LogP contribution in [-0.4, -0.2) is 27.3 Å². The third-order valence-electron chi connectivity index (χ3n) is 5.89. The van der Waals surface area contributed by atoms with Gasteiger partial charge in [-0.25, -0.2) is 4.98 Å². The Labute approximate surface area is 195 Å². The quantitative estimate of drug-likeness (QED) is 0.403. The topological polar surface area (TPSA) is 87.8 Å². The summed E-state index contributed by atoms with van der Waals surface area (Å²) in [7, 11) is 0. The van der Waals surface area contributed by atoms with Crippen LogP contribution in [-0.2, 0) is 13.0 Å². The standard InChI is InChI=1S/C24H26N4O2S2/c1-16-19-22(32-20(16)21(29)26-18-10-6-3-7-11-18)27-24(31-15-13-25)28(23(19)30)14-12-17-8-4-2-5-9-17/h2,4-5,8-9,18H,3,6-7,10-12,14-15H2,1H3,(H,26,29). The second-order valence-corrected chi connectivity index (χ2v) is 10.0. The molecular formula is C24H26N4O2S2. The number of hydrogen-bond acceptors (Lipinski definition) is 6. The first-order chi connectivity index (χ1) is 15.6. The van der Waals surface area contributed by atoms with Crippen molar-refractivity contribution in [3.63, 3.8) is 0 Å². The number of thiophene rings is 1. The average molecular weight is 467 g/mol. The molecule has 0 atom stereocenters. The molecule has 166 valence electrons. The first-order valence-electron chi connectivity index (χ1n) is 11.0. The zero-order valence-corrected chi connectivity index (χ0v) is 19.7. The molecule has 32 heavy (non-hydrogen) atoms. The lowest BCUT2D eigenvalue weighted by atomic mass is 9.95. The summed E-state index contributed by atoms with van der Waals surface area (Å²) >= 11 is 2.53. The van der Waals surface area contributed by atoms with Gasteiger partial charge in [-0.2, -0.15) is 5.26 Å². The zero-order chi connectivity index (χ0) is 22.5. The highest BCUT2D eigenvalue weighted by Crippen LogP contribution is 2.30. The predicted octanol–water partition coefficient (Wildman–Crippen LogP) is 4.69. The Hall–Kier alpha value is -2.63. The Morgan fingerprint density at radius 3 is 2.75 bits per heavy atom. The number of amides is 1. The highest BCUT2D eigenvalue weighted by Gasteiger charge is 2.24. The van der Waals surface area contributed by atoms with Gasteiger partial charge in [0, 0.05) is 12.6 Å². The van der Waals surface area contributed by atoms with E-state index < -0.39 is 0 Å². The number of thioether (sulfide) groups is 1. The van der Waals surface area contributed by atoms with Gasteiger partial charge in [-0.3, -0.25) is 14.2 Å². The number of nitrogens with one attached hydrogen (secondary N) is 1. The van der Waals surface area contributed by atoms with Gasteiger partial charge in [0.05, 0.1) is 22.1 Å². The maximum Gasteiger partial charge on any atom is 0.263 e. The monoisotopic (exact) mass is 466 g/mol. The molecule has 1 aliphatic rings. The summed E-state index contributed by atoms with van der Waals surface area (Å²) in [5.41, 5.74) is 1.68. The summed E-state index contributed by atoms with van der Waals surface area (Å²) < 4.78 is 1.65. The van der Waals surface area contributed by atoms with Crippen LogP contribution in [0.15, 0.2) is 40.3 Å². The SMILES string of the molecule is Cc1c(C(=O)NC2CCCCC2)sc2nc(SCC#N)n(CCc3ccccc3)c(=O)c12. The number of carbonyl (C=O) groups is 1. The van der Waals surface area contributed by atoms with Gasteiger partial charge < -0.3 is 5.32 Å². The minimum absolute atomic E-state index is 0.112. The smallest absolute Gasteiger partial charge is 0.263 e. The molecule has 1 aliphatic carbocycles. The van der Waals surface area contributed by atoms with Crippen LogP contribution in [0, 0.1) is 18.3 Å². The Morgan fingerprint density at radius 2 is 2.03 bits per heavy atom. The molecule has 1 aromatic carbocycles. The number of fused-ring (bicyclic) bond motifs is 1. The van der Waals surface area contributed by atoms with E-state index in [2.05, 4.69) is 11.4 Å². The van der Waals surface area contributed by atoms with Gasteiger partial charge in [0.2, 0.25) is 0 Å². The fourth-order valence-electron chi connectivity index (χ4n) is 4.20. The van der Waals surface area contributed by atoms with Gasteiger partial charge in [0.25, 0.3) is 11.5 Å². The van der Waals surface area contributed by atoms with Gasteiger partial charge in [0.1, 0.15) is 4.83 Å². The van der Waals surface area contributed by atoms with Crippen LogP contribution >= 0.6 is 23.1 Å². The molecule has 1 saturated carbocycles. The molecule has 0 saturated heterocycles. The van der Waals surface area contributed by atoms with E-state index in [1.165, 1.54) is 29.5 Å². The molecule has 6 nitrogen and oxygen atoms in total. The summed E-state index contributed by atoms with van der Waals surface area (Å²) in [6, 6.07) is 12.3. The molecule has 0 unspecified atom stereocenters. The molecule has 3 aromatic rings. The molecule has 2 aromatic heterocycles. The largest absolute Gasteiger partial charge is 0.349 e. The molecule has 1 N–H and O–H groups in total. The number of benzene rings is 1. The molecule has 1 fully saturated rings. The summed E-state index contributed by atoms with van der Waals surface area (Å²) in [4.78, 5) is 32.3. The number of rotatable bonds is 7. The third kappa shape index (κ3) is 4.89. The van der Waals surface area contributed by atoms with Crippen LogP contribution in [0.25, 0.3) is 10.2 Å². The molecule has 4 rings (SSSR count). The minimum atomic E-state index is -0.142. The zero-order valence-electron chi connectivity index (χ0n) is 18.1. The van der Waals surface area contributed by atoms with Crippen molar-refractivity contribution in [1.82, 2.24) is 14.9 Å². The Balaban J connectivity index is 1.68. The number of nitrogens with zero attached hydrogens (tertiary/aromatic N) is 3. The van der Waals surface area contributed by atoms with Gasteiger partial charge >= 0.3 is 0 Å². The van der Waals surface area contributed by atoms with Crippen molar-refractivity contribution in [3.05, 3.63) is 56.7 Å². The maximum atomic E-state index is 13.5. The summed E-state index contributed by atoms with van der Waals surface area (Å²) in [5.74, 6) is 0.0988. The fraction of sp³-hybridized carbons (Fsp3) is 0.417. The minimum Gasteiger partial charge on any atom is -0.349 e. The predicted molar refractivity (Wildman–Crippen MR) is 129 cm³/mol. The summed E-state index contributed by atoms with van der Waals surface area (Å²) in [5, 5.41) is 13.2. The van der Waals surface area contributed by atoms with E-state index in [4.69, 9.17) is 10.2 Å². The molecule has 0 spiro atoms. The van der Waals surface area contributed by atoms with Crippen LogP contribution in [0.4, 0.5) is 0 Å². The average Bonchev–Trinajstić information content (AvgIpc) is 3.15. The second-order valence-electron chi connectivity index (χ2n) is 8.08. The van der Waals surface area contributed by atoms with E-state index in [-0.39, 0.29) is 23.3 Å². The van der Waals surface area contributed by atoms with Crippen LogP contribution in [0.3, 0.4) is 0 Å². The highest BCUT2D eigenvalue weighted by molar-refractivity contribution is 7.99. The van der Waals surface area contributed by atoms with Crippen molar-refractivity contribution in [3.8, 4) is 6.07 Å².